The van der Waals surface area contributed by atoms with Crippen molar-refractivity contribution in [3.8, 4) is 11.8 Å². The Bertz CT molecular complexity index is 402. The second kappa shape index (κ2) is 4.45. The fraction of sp³-hybridized carbons (Fsp3) is 0.111. The molecule has 0 saturated carbocycles. The first kappa shape index (κ1) is 11.0. The van der Waals surface area contributed by atoms with Crippen LogP contribution in [0.5, 0.6) is 5.75 Å². The van der Waals surface area contributed by atoms with Gasteiger partial charge in [-0.15, -0.1) is 0 Å². The van der Waals surface area contributed by atoms with Gasteiger partial charge in [-0.05, 0) is 28.1 Å². The molecular formula is C9H5BrClNO2. The van der Waals surface area contributed by atoms with E-state index in [1.807, 2.05) is 6.07 Å². The molecule has 0 radical (unpaired) electrons. The highest BCUT2D eigenvalue weighted by Gasteiger charge is 2.10. The van der Waals surface area contributed by atoms with Crippen molar-refractivity contribution in [3.63, 3.8) is 0 Å². The predicted molar refractivity (Wildman–Crippen MR) is 55.2 cm³/mol. The summed E-state index contributed by atoms with van der Waals surface area (Å²) in [5, 5.41) is 8.85. The van der Waals surface area contributed by atoms with Crippen molar-refractivity contribution in [2.45, 2.75) is 6.92 Å². The highest BCUT2D eigenvalue weighted by molar-refractivity contribution is 9.10. The van der Waals surface area contributed by atoms with Gasteiger partial charge in [0.15, 0.2) is 5.75 Å². The molecule has 0 N–H and O–H groups in total. The van der Waals surface area contributed by atoms with Gasteiger partial charge < -0.3 is 4.74 Å². The minimum absolute atomic E-state index is 0.228. The third kappa shape index (κ3) is 2.47. The van der Waals surface area contributed by atoms with Crippen LogP contribution < -0.4 is 4.74 Å². The van der Waals surface area contributed by atoms with E-state index in [-0.39, 0.29) is 10.8 Å². The van der Waals surface area contributed by atoms with Crippen LogP contribution in [0.2, 0.25) is 5.02 Å². The fourth-order valence-electron chi connectivity index (χ4n) is 0.866. The van der Waals surface area contributed by atoms with E-state index in [2.05, 4.69) is 15.9 Å². The van der Waals surface area contributed by atoms with Gasteiger partial charge in [0.05, 0.1) is 21.1 Å². The summed E-state index contributed by atoms with van der Waals surface area (Å²) in [7, 11) is 0. The summed E-state index contributed by atoms with van der Waals surface area (Å²) in [6.45, 7) is 1.28. The average Bonchev–Trinajstić information content (AvgIpc) is 2.10. The third-order valence-electron chi connectivity index (χ3n) is 1.37. The lowest BCUT2D eigenvalue weighted by molar-refractivity contribution is -0.131. The van der Waals surface area contributed by atoms with Gasteiger partial charge in [0.25, 0.3) is 0 Å². The molecular weight excluding hydrogens is 269 g/mol. The van der Waals surface area contributed by atoms with E-state index in [1.165, 1.54) is 19.1 Å². The molecule has 72 valence electrons. The minimum Gasteiger partial charge on any atom is -0.424 e. The number of rotatable bonds is 1. The third-order valence-corrected chi connectivity index (χ3v) is 2.24. The van der Waals surface area contributed by atoms with Crippen LogP contribution in [0, 0.1) is 11.3 Å². The first-order valence-electron chi connectivity index (χ1n) is 3.62. The lowest BCUT2D eigenvalue weighted by atomic mass is 10.2. The summed E-state index contributed by atoms with van der Waals surface area (Å²) in [6.07, 6.45) is 0. The van der Waals surface area contributed by atoms with Crippen molar-refractivity contribution in [3.05, 3.63) is 27.2 Å². The molecule has 1 rings (SSSR count). The zero-order valence-electron chi connectivity index (χ0n) is 7.17. The highest BCUT2D eigenvalue weighted by atomic mass is 79.9. The number of esters is 1. The van der Waals surface area contributed by atoms with E-state index in [1.54, 1.807) is 0 Å². The summed E-state index contributed by atoms with van der Waals surface area (Å²) >= 11 is 8.95. The molecule has 1 aromatic rings. The Balaban J connectivity index is 3.19. The van der Waals surface area contributed by atoms with Gasteiger partial charge in [0, 0.05) is 6.92 Å². The Labute approximate surface area is 94.4 Å². The number of halogens is 2. The largest absolute Gasteiger partial charge is 0.424 e. The Hall–Kier alpha value is -1.05. The molecule has 0 bridgehead atoms. The summed E-state index contributed by atoms with van der Waals surface area (Å²) in [5.74, 6) is -0.226. The molecule has 14 heavy (non-hydrogen) atoms. The number of carbonyl (C=O) groups is 1. The van der Waals surface area contributed by atoms with Crippen molar-refractivity contribution in [2.75, 3.05) is 0 Å². The molecule has 0 heterocycles. The van der Waals surface area contributed by atoms with E-state index >= 15 is 0 Å². The molecule has 0 aliphatic heterocycles. The molecule has 0 atom stereocenters. The molecule has 0 aliphatic carbocycles. The fourth-order valence-corrected chi connectivity index (χ4v) is 1.78. The van der Waals surface area contributed by atoms with Crippen molar-refractivity contribution in [1.82, 2.24) is 0 Å². The van der Waals surface area contributed by atoms with Crippen molar-refractivity contribution in [2.24, 2.45) is 0 Å². The van der Waals surface area contributed by atoms with E-state index < -0.39 is 5.97 Å². The lowest BCUT2D eigenvalue weighted by Crippen LogP contribution is -2.02. The number of hydrogen-bond acceptors (Lipinski definition) is 3. The van der Waals surface area contributed by atoms with Gasteiger partial charge in [-0.2, -0.15) is 5.26 Å². The van der Waals surface area contributed by atoms with Crippen molar-refractivity contribution in [1.29, 1.82) is 5.26 Å². The lowest BCUT2D eigenvalue weighted by Gasteiger charge is -2.06. The predicted octanol–water partition coefficient (Wildman–Crippen LogP) is 2.90. The molecule has 0 amide bonds. The molecule has 0 spiro atoms. The van der Waals surface area contributed by atoms with Crippen LogP contribution in [-0.4, -0.2) is 5.97 Å². The van der Waals surface area contributed by atoms with E-state index in [0.717, 1.165) is 0 Å². The number of nitrogens with zero attached hydrogens (tertiary/aromatic N) is 1. The number of hydrogen-bond donors (Lipinski definition) is 0. The Morgan fingerprint density at radius 2 is 2.29 bits per heavy atom. The number of carbonyl (C=O) groups excluding carboxylic acids is 1. The SMILES string of the molecule is CC(=O)Oc1c(Cl)cc(C#N)cc1Br. The quantitative estimate of drug-likeness (QED) is 0.584. The van der Waals surface area contributed by atoms with Gasteiger partial charge in [0.2, 0.25) is 0 Å². The number of benzene rings is 1. The maximum atomic E-state index is 10.7. The van der Waals surface area contributed by atoms with Gasteiger partial charge >= 0.3 is 5.97 Å². The summed E-state index contributed by atoms with van der Waals surface area (Å²) in [4.78, 5) is 10.7. The van der Waals surface area contributed by atoms with Crippen molar-refractivity contribution < 1.29 is 9.53 Å². The monoisotopic (exact) mass is 273 g/mol. The van der Waals surface area contributed by atoms with E-state index in [4.69, 9.17) is 21.6 Å². The Morgan fingerprint density at radius 1 is 1.64 bits per heavy atom. The molecule has 0 unspecified atom stereocenters. The number of nitriles is 1. The first-order chi connectivity index (χ1) is 6.54. The second-order valence-electron chi connectivity index (χ2n) is 2.47. The van der Waals surface area contributed by atoms with Crippen LogP contribution in [0.25, 0.3) is 0 Å². The highest BCUT2D eigenvalue weighted by Crippen LogP contribution is 2.34. The molecule has 0 saturated heterocycles. The molecule has 1 aromatic carbocycles. The molecule has 0 fully saturated rings. The smallest absolute Gasteiger partial charge is 0.308 e. The Morgan fingerprint density at radius 3 is 2.71 bits per heavy atom. The zero-order valence-corrected chi connectivity index (χ0v) is 9.52. The second-order valence-corrected chi connectivity index (χ2v) is 3.74. The number of ether oxygens (including phenoxy) is 1. The maximum Gasteiger partial charge on any atom is 0.308 e. The van der Waals surface area contributed by atoms with Crippen LogP contribution in [0.15, 0.2) is 16.6 Å². The average molecular weight is 275 g/mol. The molecule has 3 nitrogen and oxygen atoms in total. The van der Waals surface area contributed by atoms with Crippen LogP contribution in [0.3, 0.4) is 0 Å². The van der Waals surface area contributed by atoms with E-state index in [9.17, 15) is 4.79 Å². The van der Waals surface area contributed by atoms with Crippen LogP contribution in [-0.2, 0) is 4.79 Å². The zero-order chi connectivity index (χ0) is 10.7. The minimum atomic E-state index is -0.461. The summed E-state index contributed by atoms with van der Waals surface area (Å²) in [6, 6.07) is 4.90. The van der Waals surface area contributed by atoms with Crippen LogP contribution in [0.4, 0.5) is 0 Å². The molecule has 0 aliphatic rings. The van der Waals surface area contributed by atoms with Gasteiger partial charge in [-0.25, -0.2) is 0 Å². The van der Waals surface area contributed by atoms with Crippen LogP contribution in [0.1, 0.15) is 12.5 Å². The van der Waals surface area contributed by atoms with E-state index in [0.29, 0.717) is 10.0 Å². The molecule has 5 heteroatoms. The van der Waals surface area contributed by atoms with Gasteiger partial charge in [-0.1, -0.05) is 11.6 Å². The van der Waals surface area contributed by atoms with Crippen LogP contribution >= 0.6 is 27.5 Å². The van der Waals surface area contributed by atoms with Gasteiger partial charge in [0.1, 0.15) is 0 Å². The van der Waals surface area contributed by atoms with Gasteiger partial charge in [-0.3, -0.25) is 4.79 Å². The topological polar surface area (TPSA) is 50.1 Å². The Kier molecular flexibility index (Phi) is 3.50. The standard InChI is InChI=1S/C9H5BrClNO2/c1-5(13)14-9-7(10)2-6(4-12)3-8(9)11/h2-3H,1H3. The van der Waals surface area contributed by atoms with Crippen molar-refractivity contribution >= 4 is 33.5 Å². The normalized spacial score (nSPS) is 9.29. The maximum absolute atomic E-state index is 10.7. The summed E-state index contributed by atoms with van der Waals surface area (Å²) in [5.41, 5.74) is 0.401. The first-order valence-corrected chi connectivity index (χ1v) is 4.79. The summed E-state index contributed by atoms with van der Waals surface area (Å²) < 4.78 is 5.33. The molecule has 0 aromatic heterocycles.